The Balaban J connectivity index is 1.83. The van der Waals surface area contributed by atoms with E-state index in [1.165, 1.54) is 0 Å². The lowest BCUT2D eigenvalue weighted by Crippen LogP contribution is -2.21. The molecule has 1 amide bonds. The highest BCUT2D eigenvalue weighted by atomic mass is 16.5. The van der Waals surface area contributed by atoms with Crippen molar-refractivity contribution in [3.8, 4) is 11.5 Å². The van der Waals surface area contributed by atoms with Gasteiger partial charge in [0.25, 0.3) is 0 Å². The van der Waals surface area contributed by atoms with Crippen molar-refractivity contribution in [3.63, 3.8) is 0 Å². The summed E-state index contributed by atoms with van der Waals surface area (Å²) >= 11 is 0. The Morgan fingerprint density at radius 2 is 1.64 bits per heavy atom. The Labute approximate surface area is 149 Å². The number of ether oxygens (including phenoxy) is 2. The van der Waals surface area contributed by atoms with Gasteiger partial charge in [-0.3, -0.25) is 4.79 Å². The third kappa shape index (κ3) is 6.75. The first-order chi connectivity index (χ1) is 12.2. The van der Waals surface area contributed by atoms with E-state index in [1.54, 1.807) is 0 Å². The number of nitrogens with one attached hydrogen (secondary N) is 2. The van der Waals surface area contributed by atoms with E-state index < -0.39 is 0 Å². The van der Waals surface area contributed by atoms with Gasteiger partial charge in [-0.05, 0) is 37.6 Å². The zero-order chi connectivity index (χ0) is 17.9. The summed E-state index contributed by atoms with van der Waals surface area (Å²) in [7, 11) is 0. The maximum absolute atomic E-state index is 12.1. The van der Waals surface area contributed by atoms with Crippen molar-refractivity contribution in [1.29, 1.82) is 0 Å². The highest BCUT2D eigenvalue weighted by molar-refractivity contribution is 5.93. The van der Waals surface area contributed by atoms with Crippen molar-refractivity contribution in [1.82, 2.24) is 0 Å². The molecule has 0 radical (unpaired) electrons. The molecule has 2 N–H and O–H groups in total. The van der Waals surface area contributed by atoms with Gasteiger partial charge in [0, 0.05) is 23.5 Å². The fourth-order valence-corrected chi connectivity index (χ4v) is 2.25. The van der Waals surface area contributed by atoms with Crippen LogP contribution in [-0.2, 0) is 4.79 Å². The minimum absolute atomic E-state index is 0.118. The molecule has 0 aliphatic carbocycles. The lowest BCUT2D eigenvalue weighted by Gasteiger charge is -2.11. The van der Waals surface area contributed by atoms with Gasteiger partial charge in [-0.1, -0.05) is 25.5 Å². The lowest BCUT2D eigenvalue weighted by molar-refractivity contribution is -0.114. The molecule has 0 unspecified atom stereocenters. The summed E-state index contributed by atoms with van der Waals surface area (Å²) in [6.45, 7) is 5.54. The molecule has 0 heterocycles. The molecule has 0 atom stereocenters. The largest absolute Gasteiger partial charge is 0.494 e. The average molecular weight is 342 g/mol. The Hall–Kier alpha value is -2.69. The number of anilines is 2. The zero-order valence-corrected chi connectivity index (χ0v) is 14.9. The number of benzene rings is 2. The fraction of sp³-hybridized carbons (Fsp3) is 0.350. The number of rotatable bonds is 10. The molecule has 134 valence electrons. The van der Waals surface area contributed by atoms with Gasteiger partial charge in [0.1, 0.15) is 11.5 Å². The van der Waals surface area contributed by atoms with Crippen LogP contribution in [0.1, 0.15) is 26.7 Å². The maximum Gasteiger partial charge on any atom is 0.243 e. The van der Waals surface area contributed by atoms with Gasteiger partial charge < -0.3 is 20.1 Å². The number of amides is 1. The van der Waals surface area contributed by atoms with Crippen LogP contribution in [-0.4, -0.2) is 25.7 Å². The average Bonchev–Trinajstić information content (AvgIpc) is 2.61. The van der Waals surface area contributed by atoms with Gasteiger partial charge in [0.2, 0.25) is 5.91 Å². The SMILES string of the molecule is CCCCOc1cccc(NC(=O)CNc2cccc(OCC)c2)c1. The molecule has 0 saturated heterocycles. The van der Waals surface area contributed by atoms with Crippen LogP contribution >= 0.6 is 0 Å². The van der Waals surface area contributed by atoms with Crippen molar-refractivity contribution in [2.45, 2.75) is 26.7 Å². The summed E-state index contributed by atoms with van der Waals surface area (Å²) < 4.78 is 11.1. The summed E-state index contributed by atoms with van der Waals surface area (Å²) in [4.78, 5) is 12.1. The van der Waals surface area contributed by atoms with Crippen LogP contribution in [0.4, 0.5) is 11.4 Å². The topological polar surface area (TPSA) is 59.6 Å². The maximum atomic E-state index is 12.1. The monoisotopic (exact) mass is 342 g/mol. The second-order valence-corrected chi connectivity index (χ2v) is 5.59. The normalized spacial score (nSPS) is 10.2. The number of unbranched alkanes of at least 4 members (excludes halogenated alkanes) is 1. The van der Waals surface area contributed by atoms with Crippen LogP contribution in [0.25, 0.3) is 0 Å². The van der Waals surface area contributed by atoms with Gasteiger partial charge in [-0.2, -0.15) is 0 Å². The van der Waals surface area contributed by atoms with Gasteiger partial charge in [0.15, 0.2) is 0 Å². The Morgan fingerprint density at radius 3 is 2.36 bits per heavy atom. The van der Waals surface area contributed by atoms with Crippen LogP contribution in [0.2, 0.25) is 0 Å². The Morgan fingerprint density at radius 1 is 0.960 bits per heavy atom. The van der Waals surface area contributed by atoms with Crippen LogP contribution in [0.15, 0.2) is 48.5 Å². The summed E-state index contributed by atoms with van der Waals surface area (Å²) in [5.41, 5.74) is 1.57. The minimum Gasteiger partial charge on any atom is -0.494 e. The molecule has 2 aromatic rings. The van der Waals surface area contributed by atoms with E-state index in [0.29, 0.717) is 13.2 Å². The third-order valence-corrected chi connectivity index (χ3v) is 3.48. The number of hydrogen-bond acceptors (Lipinski definition) is 4. The molecule has 0 bridgehead atoms. The number of carbonyl (C=O) groups excluding carboxylic acids is 1. The summed E-state index contributed by atoms with van der Waals surface area (Å²) in [6.07, 6.45) is 2.11. The predicted molar refractivity (Wildman–Crippen MR) is 102 cm³/mol. The molecular formula is C20H26N2O3. The van der Waals surface area contributed by atoms with Crippen molar-refractivity contribution < 1.29 is 14.3 Å². The molecule has 5 nitrogen and oxygen atoms in total. The predicted octanol–water partition coefficient (Wildman–Crippen LogP) is 4.31. The van der Waals surface area contributed by atoms with Crippen molar-refractivity contribution in [2.75, 3.05) is 30.4 Å². The first-order valence-corrected chi connectivity index (χ1v) is 8.70. The smallest absolute Gasteiger partial charge is 0.243 e. The molecule has 0 aromatic heterocycles. The van der Waals surface area contributed by atoms with E-state index in [1.807, 2.05) is 55.5 Å². The lowest BCUT2D eigenvalue weighted by atomic mass is 10.3. The Kier molecular flexibility index (Phi) is 7.63. The molecule has 0 aliphatic heterocycles. The number of carbonyl (C=O) groups is 1. The van der Waals surface area contributed by atoms with E-state index >= 15 is 0 Å². The van der Waals surface area contributed by atoms with E-state index in [-0.39, 0.29) is 12.5 Å². The van der Waals surface area contributed by atoms with Crippen LogP contribution in [0, 0.1) is 0 Å². The first kappa shape index (κ1) is 18.6. The van der Waals surface area contributed by atoms with Crippen molar-refractivity contribution in [2.24, 2.45) is 0 Å². The second kappa shape index (κ2) is 10.2. The van der Waals surface area contributed by atoms with Gasteiger partial charge in [-0.15, -0.1) is 0 Å². The third-order valence-electron chi connectivity index (χ3n) is 3.48. The summed E-state index contributed by atoms with van der Waals surface area (Å²) in [6, 6.07) is 15.0. The fourth-order valence-electron chi connectivity index (χ4n) is 2.25. The molecule has 0 saturated carbocycles. The second-order valence-electron chi connectivity index (χ2n) is 5.59. The van der Waals surface area contributed by atoms with Crippen LogP contribution in [0.3, 0.4) is 0 Å². The zero-order valence-electron chi connectivity index (χ0n) is 14.9. The quantitative estimate of drug-likeness (QED) is 0.632. The van der Waals surface area contributed by atoms with Gasteiger partial charge in [0.05, 0.1) is 19.8 Å². The first-order valence-electron chi connectivity index (χ1n) is 8.70. The highest BCUT2D eigenvalue weighted by Crippen LogP contribution is 2.19. The number of hydrogen-bond donors (Lipinski definition) is 2. The molecular weight excluding hydrogens is 316 g/mol. The molecule has 0 fully saturated rings. The summed E-state index contributed by atoms with van der Waals surface area (Å²) in [5.74, 6) is 1.43. The molecule has 0 aliphatic rings. The van der Waals surface area contributed by atoms with E-state index in [4.69, 9.17) is 9.47 Å². The standard InChI is InChI=1S/C20H26N2O3/c1-3-5-12-25-19-11-7-9-17(14-19)22-20(23)15-21-16-8-6-10-18(13-16)24-4-2/h6-11,13-14,21H,3-5,12,15H2,1-2H3,(H,22,23). The van der Waals surface area contributed by atoms with Gasteiger partial charge >= 0.3 is 0 Å². The van der Waals surface area contributed by atoms with E-state index in [9.17, 15) is 4.79 Å². The van der Waals surface area contributed by atoms with E-state index in [2.05, 4.69) is 17.6 Å². The highest BCUT2D eigenvalue weighted by Gasteiger charge is 2.04. The molecule has 2 aromatic carbocycles. The Bertz CT molecular complexity index is 673. The van der Waals surface area contributed by atoms with Crippen LogP contribution < -0.4 is 20.1 Å². The van der Waals surface area contributed by atoms with Crippen molar-refractivity contribution >= 4 is 17.3 Å². The molecule has 2 rings (SSSR count). The molecule has 25 heavy (non-hydrogen) atoms. The van der Waals surface area contributed by atoms with Crippen LogP contribution in [0.5, 0.6) is 11.5 Å². The molecule has 0 spiro atoms. The summed E-state index contributed by atoms with van der Waals surface area (Å²) in [5, 5.41) is 5.97. The van der Waals surface area contributed by atoms with E-state index in [0.717, 1.165) is 35.7 Å². The van der Waals surface area contributed by atoms with Crippen molar-refractivity contribution in [3.05, 3.63) is 48.5 Å². The molecule has 5 heteroatoms. The van der Waals surface area contributed by atoms with Gasteiger partial charge in [-0.25, -0.2) is 0 Å². The minimum atomic E-state index is -0.118.